The number of hydrogen-bond donors (Lipinski definition) is 2. The van der Waals surface area contributed by atoms with Gasteiger partial charge in [0.2, 0.25) is 0 Å². The summed E-state index contributed by atoms with van der Waals surface area (Å²) in [5, 5.41) is 6.55. The first kappa shape index (κ1) is 24.3. The second-order valence-electron chi connectivity index (χ2n) is 8.64. The summed E-state index contributed by atoms with van der Waals surface area (Å²) >= 11 is 0. The molecular weight excluding hydrogens is 388 g/mol. The Morgan fingerprint density at radius 2 is 1.77 bits per heavy atom. The fourth-order valence-corrected chi connectivity index (χ4v) is 2.91. The highest BCUT2D eigenvalue weighted by molar-refractivity contribution is 5.93. The van der Waals surface area contributed by atoms with Crippen molar-refractivity contribution in [2.75, 3.05) is 33.8 Å². The minimum atomic E-state index is -0.00177. The first-order valence-electron chi connectivity index (χ1n) is 10.8. The van der Waals surface area contributed by atoms with E-state index >= 15 is 0 Å². The number of aliphatic imine (C=N–C) groups is 1. The van der Waals surface area contributed by atoms with E-state index in [4.69, 9.17) is 4.74 Å². The molecule has 0 fully saturated rings. The zero-order chi connectivity index (χ0) is 22.9. The number of carbonyl (C=O) groups is 1. The van der Waals surface area contributed by atoms with Crippen molar-refractivity contribution in [3.8, 4) is 5.75 Å². The van der Waals surface area contributed by atoms with Crippen LogP contribution in [0.3, 0.4) is 0 Å². The normalized spacial score (nSPS) is 11.7. The van der Waals surface area contributed by atoms with E-state index in [9.17, 15) is 4.79 Å². The summed E-state index contributed by atoms with van der Waals surface area (Å²) in [6, 6.07) is 15.8. The van der Waals surface area contributed by atoms with E-state index in [0.29, 0.717) is 25.3 Å². The number of benzene rings is 2. The van der Waals surface area contributed by atoms with Crippen LogP contribution in [0.5, 0.6) is 5.75 Å². The Morgan fingerprint density at radius 3 is 2.39 bits per heavy atom. The van der Waals surface area contributed by atoms with Crippen molar-refractivity contribution >= 4 is 11.9 Å². The molecule has 0 atom stereocenters. The summed E-state index contributed by atoms with van der Waals surface area (Å²) < 4.78 is 5.91. The van der Waals surface area contributed by atoms with Gasteiger partial charge in [0.05, 0.1) is 13.1 Å². The number of nitrogens with one attached hydrogen (secondary N) is 2. The monoisotopic (exact) mass is 424 g/mol. The van der Waals surface area contributed by atoms with Gasteiger partial charge >= 0.3 is 0 Å². The number of nitrogens with zero attached hydrogens (tertiary/aromatic N) is 2. The van der Waals surface area contributed by atoms with Crippen LogP contribution in [0.25, 0.3) is 0 Å². The van der Waals surface area contributed by atoms with Crippen molar-refractivity contribution in [2.24, 2.45) is 4.99 Å². The van der Waals surface area contributed by atoms with E-state index < -0.39 is 0 Å². The number of amides is 1. The molecule has 0 aliphatic rings. The molecule has 2 N–H and O–H groups in total. The molecule has 0 aromatic heterocycles. The standard InChI is InChI=1S/C25H36N4O2/c1-7-26-24(28-18-19-11-13-20(14-12-19)23(30)29(5)6)27-15-16-31-22-10-8-9-21(17-22)25(2,3)4/h8-14,17H,7,15-16,18H2,1-6H3,(H2,26,27,28). The molecular formula is C25H36N4O2. The van der Waals surface area contributed by atoms with Crippen LogP contribution in [0.2, 0.25) is 0 Å². The molecule has 31 heavy (non-hydrogen) atoms. The van der Waals surface area contributed by atoms with Crippen LogP contribution in [0, 0.1) is 0 Å². The molecule has 6 heteroatoms. The number of hydrogen-bond acceptors (Lipinski definition) is 3. The number of rotatable bonds is 8. The Morgan fingerprint density at radius 1 is 1.06 bits per heavy atom. The Hall–Kier alpha value is -3.02. The van der Waals surface area contributed by atoms with Crippen molar-refractivity contribution in [3.63, 3.8) is 0 Å². The average Bonchev–Trinajstić information content (AvgIpc) is 2.74. The van der Waals surface area contributed by atoms with Gasteiger partial charge in [-0.05, 0) is 47.7 Å². The molecule has 0 spiro atoms. The van der Waals surface area contributed by atoms with E-state index in [0.717, 1.165) is 23.8 Å². The molecule has 168 valence electrons. The molecule has 0 unspecified atom stereocenters. The van der Waals surface area contributed by atoms with Crippen molar-refractivity contribution in [2.45, 2.75) is 39.7 Å². The molecule has 0 saturated carbocycles. The first-order valence-corrected chi connectivity index (χ1v) is 10.8. The zero-order valence-electron chi connectivity index (χ0n) is 19.7. The highest BCUT2D eigenvalue weighted by atomic mass is 16.5. The van der Waals surface area contributed by atoms with Gasteiger partial charge < -0.3 is 20.3 Å². The van der Waals surface area contributed by atoms with Crippen LogP contribution in [0.1, 0.15) is 49.2 Å². The summed E-state index contributed by atoms with van der Waals surface area (Å²) in [5.41, 5.74) is 3.07. The van der Waals surface area contributed by atoms with Crippen molar-refractivity contribution in [1.82, 2.24) is 15.5 Å². The lowest BCUT2D eigenvalue weighted by atomic mass is 9.87. The predicted molar refractivity (Wildman–Crippen MR) is 128 cm³/mol. The Kier molecular flexibility index (Phi) is 8.91. The second kappa shape index (κ2) is 11.4. The molecule has 1 amide bonds. The van der Waals surface area contributed by atoms with Gasteiger partial charge in [-0.25, -0.2) is 4.99 Å². The maximum absolute atomic E-state index is 12.0. The summed E-state index contributed by atoms with van der Waals surface area (Å²) in [7, 11) is 3.50. The van der Waals surface area contributed by atoms with Crippen LogP contribution in [0.4, 0.5) is 0 Å². The SMILES string of the molecule is CCNC(=NCc1ccc(C(=O)N(C)C)cc1)NCCOc1cccc(C(C)(C)C)c1. The number of ether oxygens (including phenoxy) is 1. The lowest BCUT2D eigenvalue weighted by Crippen LogP contribution is -2.39. The Bertz CT molecular complexity index is 868. The topological polar surface area (TPSA) is 66.0 Å². The summed E-state index contributed by atoms with van der Waals surface area (Å²) in [4.78, 5) is 18.2. The van der Waals surface area contributed by atoms with Crippen LogP contribution >= 0.6 is 0 Å². The summed E-state index contributed by atoms with van der Waals surface area (Å²) in [6.07, 6.45) is 0. The third kappa shape index (κ3) is 7.96. The molecule has 2 rings (SSSR count). The van der Waals surface area contributed by atoms with Gasteiger partial charge in [-0.3, -0.25) is 4.79 Å². The highest BCUT2D eigenvalue weighted by Crippen LogP contribution is 2.25. The molecule has 0 bridgehead atoms. The van der Waals surface area contributed by atoms with Crippen molar-refractivity contribution in [1.29, 1.82) is 0 Å². The molecule has 0 heterocycles. The predicted octanol–water partition coefficient (Wildman–Crippen LogP) is 3.82. The fraction of sp³-hybridized carbons (Fsp3) is 0.440. The fourth-order valence-electron chi connectivity index (χ4n) is 2.91. The van der Waals surface area contributed by atoms with Crippen molar-refractivity contribution in [3.05, 3.63) is 65.2 Å². The Labute approximate surface area is 186 Å². The summed E-state index contributed by atoms with van der Waals surface area (Å²) in [5.74, 6) is 1.62. The second-order valence-corrected chi connectivity index (χ2v) is 8.64. The van der Waals surface area contributed by atoms with Crippen molar-refractivity contribution < 1.29 is 9.53 Å². The van der Waals surface area contributed by atoms with E-state index in [2.05, 4.69) is 48.5 Å². The quantitative estimate of drug-likeness (QED) is 0.384. The van der Waals surface area contributed by atoms with E-state index in [1.165, 1.54) is 5.56 Å². The maximum atomic E-state index is 12.0. The van der Waals surface area contributed by atoms with Gasteiger partial charge in [0.1, 0.15) is 12.4 Å². The minimum Gasteiger partial charge on any atom is -0.492 e. The Balaban J connectivity index is 1.87. The first-order chi connectivity index (χ1) is 14.7. The number of guanidine groups is 1. The van der Waals surface area contributed by atoms with Gasteiger partial charge in [0, 0.05) is 26.2 Å². The van der Waals surface area contributed by atoms with Crippen LogP contribution in [-0.2, 0) is 12.0 Å². The molecule has 0 aliphatic carbocycles. The van der Waals surface area contributed by atoms with Gasteiger partial charge in [0.15, 0.2) is 5.96 Å². The van der Waals surface area contributed by atoms with Crippen LogP contribution in [-0.4, -0.2) is 50.6 Å². The van der Waals surface area contributed by atoms with E-state index in [1.54, 1.807) is 19.0 Å². The minimum absolute atomic E-state index is 0.00177. The van der Waals surface area contributed by atoms with Gasteiger partial charge in [-0.2, -0.15) is 0 Å². The summed E-state index contributed by atoms with van der Waals surface area (Å²) in [6.45, 7) is 11.1. The lowest BCUT2D eigenvalue weighted by molar-refractivity contribution is 0.0827. The largest absolute Gasteiger partial charge is 0.492 e. The zero-order valence-corrected chi connectivity index (χ0v) is 19.7. The van der Waals surface area contributed by atoms with Crippen LogP contribution < -0.4 is 15.4 Å². The van der Waals surface area contributed by atoms with Gasteiger partial charge in [-0.1, -0.05) is 45.0 Å². The lowest BCUT2D eigenvalue weighted by Gasteiger charge is -2.20. The highest BCUT2D eigenvalue weighted by Gasteiger charge is 2.13. The molecule has 0 radical (unpaired) electrons. The molecule has 6 nitrogen and oxygen atoms in total. The molecule has 2 aromatic carbocycles. The van der Waals surface area contributed by atoms with Crippen LogP contribution in [0.15, 0.2) is 53.5 Å². The molecule has 2 aromatic rings. The smallest absolute Gasteiger partial charge is 0.253 e. The maximum Gasteiger partial charge on any atom is 0.253 e. The third-order valence-corrected chi connectivity index (χ3v) is 4.73. The van der Waals surface area contributed by atoms with E-state index in [1.807, 2.05) is 43.3 Å². The third-order valence-electron chi connectivity index (χ3n) is 4.73. The van der Waals surface area contributed by atoms with E-state index in [-0.39, 0.29) is 11.3 Å². The van der Waals surface area contributed by atoms with Gasteiger partial charge in [0.25, 0.3) is 5.91 Å². The molecule has 0 aliphatic heterocycles. The average molecular weight is 425 g/mol. The number of carbonyl (C=O) groups excluding carboxylic acids is 1. The molecule has 0 saturated heterocycles. The van der Waals surface area contributed by atoms with Gasteiger partial charge in [-0.15, -0.1) is 0 Å².